The highest BCUT2D eigenvalue weighted by molar-refractivity contribution is 9.09. The van der Waals surface area contributed by atoms with E-state index in [1.807, 2.05) is 0 Å². The van der Waals surface area contributed by atoms with Gasteiger partial charge in [0.15, 0.2) is 5.78 Å². The van der Waals surface area contributed by atoms with Crippen LogP contribution in [0.3, 0.4) is 0 Å². The molecule has 0 fully saturated rings. The van der Waals surface area contributed by atoms with Crippen LogP contribution < -0.4 is 0 Å². The number of Topliss-reactive ketones (excluding diaryl/α,β-unsaturated/α-hetero) is 1. The summed E-state index contributed by atoms with van der Waals surface area (Å²) in [5.41, 5.74) is -3.53. The molecule has 0 amide bonds. The Hall–Kier alpha value is -1.05. The normalized spacial score (nSPS) is 12.6. The smallest absolute Gasteiger partial charge is 0.294 e. The van der Waals surface area contributed by atoms with E-state index in [1.165, 1.54) is 0 Å². The first kappa shape index (κ1) is 17.0. The number of alkyl halides is 7. The lowest BCUT2D eigenvalue weighted by molar-refractivity contribution is -0.143. The van der Waals surface area contributed by atoms with E-state index in [0.717, 1.165) is 0 Å². The van der Waals surface area contributed by atoms with Gasteiger partial charge in [0.25, 0.3) is 0 Å². The average molecular weight is 363 g/mol. The zero-order chi connectivity index (χ0) is 15.6. The summed E-state index contributed by atoms with van der Waals surface area (Å²) >= 11 is 3.03. The minimum Gasteiger partial charge on any atom is -0.294 e. The van der Waals surface area contributed by atoms with Crippen LogP contribution >= 0.6 is 15.9 Å². The summed E-state index contributed by atoms with van der Waals surface area (Å²) in [6.45, 7) is 0. The van der Waals surface area contributed by atoms with Crippen molar-refractivity contribution >= 4 is 21.7 Å². The third kappa shape index (κ3) is 4.50. The summed E-state index contributed by atoms with van der Waals surface area (Å²) < 4.78 is 75.4. The van der Waals surface area contributed by atoms with Gasteiger partial charge in [-0.25, -0.2) is 0 Å². The standard InChI is InChI=1S/C12H9BrF6O/c13-3-1-2-10(20)7-4-8(11(14,15)16)6-9(5-7)12(17,18)19/h4-6H,1-3H2. The molecular weight excluding hydrogens is 354 g/mol. The van der Waals surface area contributed by atoms with Gasteiger partial charge in [-0.15, -0.1) is 0 Å². The van der Waals surface area contributed by atoms with Crippen LogP contribution in [0.5, 0.6) is 0 Å². The topological polar surface area (TPSA) is 17.1 Å². The van der Waals surface area contributed by atoms with E-state index in [2.05, 4.69) is 15.9 Å². The van der Waals surface area contributed by atoms with Gasteiger partial charge in [0.05, 0.1) is 11.1 Å². The molecule has 0 aromatic heterocycles. The van der Waals surface area contributed by atoms with Gasteiger partial charge >= 0.3 is 12.4 Å². The van der Waals surface area contributed by atoms with Crippen LogP contribution in [0.2, 0.25) is 0 Å². The van der Waals surface area contributed by atoms with Gasteiger partial charge < -0.3 is 0 Å². The highest BCUT2D eigenvalue weighted by Gasteiger charge is 2.37. The van der Waals surface area contributed by atoms with Gasteiger partial charge in [0.1, 0.15) is 0 Å². The highest BCUT2D eigenvalue weighted by atomic mass is 79.9. The first-order chi connectivity index (χ1) is 9.05. The minimum atomic E-state index is -4.94. The minimum absolute atomic E-state index is 0.00126. The first-order valence-electron chi connectivity index (χ1n) is 5.44. The third-order valence-electron chi connectivity index (χ3n) is 2.45. The van der Waals surface area contributed by atoms with E-state index in [4.69, 9.17) is 0 Å². The SMILES string of the molecule is O=C(CCCBr)c1cc(C(F)(F)F)cc(C(F)(F)F)c1. The lowest BCUT2D eigenvalue weighted by atomic mass is 10.00. The van der Waals surface area contributed by atoms with Gasteiger partial charge in [0.2, 0.25) is 0 Å². The first-order valence-corrected chi connectivity index (χ1v) is 6.56. The number of carbonyl (C=O) groups is 1. The Bertz CT molecular complexity index is 459. The Morgan fingerprint density at radius 3 is 1.75 bits per heavy atom. The van der Waals surface area contributed by atoms with Crippen LogP contribution in [0.15, 0.2) is 18.2 Å². The molecule has 8 heteroatoms. The van der Waals surface area contributed by atoms with E-state index in [1.54, 1.807) is 0 Å². The molecule has 20 heavy (non-hydrogen) atoms. The molecule has 0 unspecified atom stereocenters. The van der Waals surface area contributed by atoms with Crippen LogP contribution in [-0.2, 0) is 12.4 Å². The number of ketones is 1. The van der Waals surface area contributed by atoms with Crippen molar-refractivity contribution in [2.45, 2.75) is 25.2 Å². The monoisotopic (exact) mass is 362 g/mol. The summed E-state index contributed by atoms with van der Waals surface area (Å²) in [5, 5.41) is 0.434. The zero-order valence-electron chi connectivity index (χ0n) is 9.91. The summed E-state index contributed by atoms with van der Waals surface area (Å²) in [4.78, 5) is 11.6. The summed E-state index contributed by atoms with van der Waals surface area (Å²) in [6, 6.07) is 0.902. The van der Waals surface area contributed by atoms with Crippen molar-refractivity contribution in [3.8, 4) is 0 Å². The average Bonchev–Trinajstić information content (AvgIpc) is 2.33. The Morgan fingerprint density at radius 1 is 0.950 bits per heavy atom. The maximum atomic E-state index is 12.6. The van der Waals surface area contributed by atoms with Crippen LogP contribution in [-0.4, -0.2) is 11.1 Å². The molecule has 1 aromatic carbocycles. The second-order valence-corrected chi connectivity index (χ2v) is 4.80. The van der Waals surface area contributed by atoms with Crippen LogP contribution in [0.25, 0.3) is 0 Å². The molecular formula is C12H9BrF6O. The van der Waals surface area contributed by atoms with E-state index in [0.29, 0.717) is 23.9 Å². The van der Waals surface area contributed by atoms with Crippen molar-refractivity contribution in [3.05, 3.63) is 34.9 Å². The third-order valence-corrected chi connectivity index (χ3v) is 3.01. The molecule has 0 N–H and O–H groups in total. The van der Waals surface area contributed by atoms with Gasteiger partial charge in [-0.2, -0.15) is 26.3 Å². The van der Waals surface area contributed by atoms with Crippen molar-refractivity contribution in [2.75, 3.05) is 5.33 Å². The molecule has 1 nitrogen and oxygen atoms in total. The molecule has 0 spiro atoms. The predicted octanol–water partition coefficient (Wildman–Crippen LogP) is 5.08. The number of rotatable bonds is 4. The second kappa shape index (κ2) is 6.15. The maximum Gasteiger partial charge on any atom is 0.416 e. The number of hydrogen-bond donors (Lipinski definition) is 0. The summed E-state index contributed by atoms with van der Waals surface area (Å²) in [5.74, 6) is -0.749. The molecule has 0 atom stereocenters. The molecule has 1 aromatic rings. The molecule has 0 aliphatic carbocycles. The molecule has 0 saturated carbocycles. The number of carbonyl (C=O) groups excluding carboxylic acids is 1. The molecule has 1 rings (SSSR count). The van der Waals surface area contributed by atoms with Gasteiger partial charge in [-0.05, 0) is 24.6 Å². The molecule has 0 aliphatic heterocycles. The van der Waals surface area contributed by atoms with Gasteiger partial charge in [-0.1, -0.05) is 15.9 Å². The van der Waals surface area contributed by atoms with Crippen molar-refractivity contribution in [1.82, 2.24) is 0 Å². The molecule has 0 heterocycles. The number of benzene rings is 1. The lowest BCUT2D eigenvalue weighted by Gasteiger charge is -2.13. The lowest BCUT2D eigenvalue weighted by Crippen LogP contribution is -2.13. The summed E-state index contributed by atoms with van der Waals surface area (Å²) in [7, 11) is 0. The number of hydrogen-bond acceptors (Lipinski definition) is 1. The Labute approximate surface area is 119 Å². The quantitative estimate of drug-likeness (QED) is 0.414. The van der Waals surface area contributed by atoms with E-state index in [-0.39, 0.29) is 12.5 Å². The van der Waals surface area contributed by atoms with E-state index in [9.17, 15) is 31.1 Å². The number of halogens is 7. The van der Waals surface area contributed by atoms with Crippen LogP contribution in [0.1, 0.15) is 34.3 Å². The van der Waals surface area contributed by atoms with Crippen molar-refractivity contribution in [3.63, 3.8) is 0 Å². The van der Waals surface area contributed by atoms with E-state index >= 15 is 0 Å². The predicted molar refractivity (Wildman–Crippen MR) is 63.8 cm³/mol. The van der Waals surface area contributed by atoms with E-state index < -0.39 is 34.8 Å². The maximum absolute atomic E-state index is 12.6. The molecule has 0 bridgehead atoms. The fourth-order valence-corrected chi connectivity index (χ4v) is 1.77. The van der Waals surface area contributed by atoms with Crippen molar-refractivity contribution in [1.29, 1.82) is 0 Å². The van der Waals surface area contributed by atoms with Gasteiger partial charge in [-0.3, -0.25) is 4.79 Å². The highest BCUT2D eigenvalue weighted by Crippen LogP contribution is 2.36. The molecule has 0 aliphatic rings. The fraction of sp³-hybridized carbons (Fsp3) is 0.417. The largest absolute Gasteiger partial charge is 0.416 e. The molecule has 112 valence electrons. The Kier molecular flexibility index (Phi) is 5.23. The Morgan fingerprint density at radius 2 is 1.40 bits per heavy atom. The fourth-order valence-electron chi connectivity index (χ4n) is 1.49. The molecule has 0 radical (unpaired) electrons. The van der Waals surface area contributed by atoms with Crippen LogP contribution in [0, 0.1) is 0 Å². The van der Waals surface area contributed by atoms with Crippen LogP contribution in [0.4, 0.5) is 26.3 Å². The zero-order valence-corrected chi connectivity index (χ0v) is 11.5. The molecule has 0 saturated heterocycles. The Balaban J connectivity index is 3.27. The second-order valence-electron chi connectivity index (χ2n) is 4.01. The van der Waals surface area contributed by atoms with Crippen molar-refractivity contribution in [2.24, 2.45) is 0 Å². The van der Waals surface area contributed by atoms with Gasteiger partial charge in [0, 0.05) is 17.3 Å². The summed E-state index contributed by atoms with van der Waals surface area (Å²) in [6.07, 6.45) is -9.67. The van der Waals surface area contributed by atoms with Crippen molar-refractivity contribution < 1.29 is 31.1 Å².